The third-order valence-electron chi connectivity index (χ3n) is 6.93. The van der Waals surface area contributed by atoms with Crippen LogP contribution < -0.4 is 0 Å². The molecule has 0 spiro atoms. The Balaban J connectivity index is 0.000000198. The van der Waals surface area contributed by atoms with Gasteiger partial charge in [0.25, 0.3) is 0 Å². The third kappa shape index (κ3) is 10.9. The molecule has 1 aliphatic heterocycles. The van der Waals surface area contributed by atoms with Crippen LogP contribution in [-0.2, 0) is 31.7 Å². The minimum absolute atomic E-state index is 0.000266. The molecule has 1 saturated heterocycles. The van der Waals surface area contributed by atoms with E-state index >= 15 is 0 Å². The fourth-order valence-electron chi connectivity index (χ4n) is 3.63. The summed E-state index contributed by atoms with van der Waals surface area (Å²) in [4.78, 5) is 29.6. The van der Waals surface area contributed by atoms with Crippen molar-refractivity contribution in [1.82, 2.24) is 30.4 Å². The standard InChI is InChI=1S/C13H12ClN3O2.C10H17BO3.C9H7Cl2N3O/c1-3-12-16-17-13(19-12)9-6-10(14)11(15-7-9)5-4-8(2)18;1-8(12)6-7-11-13-9(2,3)10(4,5)14-11;1-2-7-13-14-9(15-7)5-3-6(10)8(11)12-4-5/h4-7H,3H2,1-2H3;6-7H,1-5H3;3-4H,2H2,1H3/b5-4+;7-6+;. The number of allylic oxidation sites excluding steroid dienone is 2. The van der Waals surface area contributed by atoms with Gasteiger partial charge >= 0.3 is 7.12 Å². The van der Waals surface area contributed by atoms with Crippen LogP contribution in [0.15, 0.2) is 51.5 Å². The van der Waals surface area contributed by atoms with Crippen LogP contribution in [0, 0.1) is 0 Å². The van der Waals surface area contributed by atoms with E-state index in [-0.39, 0.29) is 27.9 Å². The lowest BCUT2D eigenvalue weighted by Crippen LogP contribution is -2.41. The molecule has 1 fully saturated rings. The van der Waals surface area contributed by atoms with Gasteiger partial charge in [0.1, 0.15) is 5.15 Å². The Labute approximate surface area is 294 Å². The van der Waals surface area contributed by atoms with E-state index in [2.05, 4.69) is 30.4 Å². The molecule has 0 N–H and O–H groups in total. The molecular weight excluding hydrogens is 682 g/mol. The summed E-state index contributed by atoms with van der Waals surface area (Å²) in [6.45, 7) is 14.8. The lowest BCUT2D eigenvalue weighted by Gasteiger charge is -2.32. The van der Waals surface area contributed by atoms with E-state index in [9.17, 15) is 9.59 Å². The van der Waals surface area contributed by atoms with Gasteiger partial charge in [-0.1, -0.05) is 54.6 Å². The first kappa shape index (κ1) is 38.7. The highest BCUT2D eigenvalue weighted by molar-refractivity contribution is 6.52. The predicted octanol–water partition coefficient (Wildman–Crippen LogP) is 7.71. The molecule has 5 rings (SSSR count). The number of aromatic nitrogens is 6. The molecule has 4 aromatic heterocycles. The average molecular weight is 718 g/mol. The normalized spacial score (nSPS) is 14.9. The molecule has 1 aliphatic rings. The van der Waals surface area contributed by atoms with Gasteiger partial charge in [0.05, 0.1) is 38.1 Å². The van der Waals surface area contributed by atoms with Crippen LogP contribution in [0.5, 0.6) is 0 Å². The summed E-state index contributed by atoms with van der Waals surface area (Å²) in [5, 5.41) is 16.6. The topological polar surface area (TPSA) is 156 Å². The van der Waals surface area contributed by atoms with E-state index in [1.54, 1.807) is 36.6 Å². The molecule has 0 atom stereocenters. The van der Waals surface area contributed by atoms with Gasteiger partial charge in [0.15, 0.2) is 11.6 Å². The van der Waals surface area contributed by atoms with Gasteiger partial charge < -0.3 is 18.1 Å². The quantitative estimate of drug-likeness (QED) is 0.0995. The minimum Gasteiger partial charge on any atom is -0.421 e. The van der Waals surface area contributed by atoms with Crippen LogP contribution >= 0.6 is 34.8 Å². The van der Waals surface area contributed by atoms with Crippen molar-refractivity contribution in [2.24, 2.45) is 0 Å². The second kappa shape index (κ2) is 17.1. The summed E-state index contributed by atoms with van der Waals surface area (Å²) in [6, 6.07) is 3.32. The monoisotopic (exact) mass is 716 g/mol. The number of hydrogen-bond acceptors (Lipinski definition) is 12. The second-order valence-electron chi connectivity index (χ2n) is 11.3. The smallest absolute Gasteiger partial charge is 0.421 e. The van der Waals surface area contributed by atoms with E-state index in [0.717, 1.165) is 0 Å². The highest BCUT2D eigenvalue weighted by atomic mass is 35.5. The van der Waals surface area contributed by atoms with Crippen LogP contribution in [-0.4, -0.2) is 60.2 Å². The van der Waals surface area contributed by atoms with Crippen LogP contribution in [0.25, 0.3) is 29.0 Å². The summed E-state index contributed by atoms with van der Waals surface area (Å²) in [7, 11) is -0.413. The first-order chi connectivity index (χ1) is 22.5. The molecule has 0 radical (unpaired) electrons. The van der Waals surface area contributed by atoms with Crippen LogP contribution in [0.2, 0.25) is 15.2 Å². The maximum absolute atomic E-state index is 10.9. The van der Waals surface area contributed by atoms with E-state index in [4.69, 9.17) is 52.9 Å². The van der Waals surface area contributed by atoms with E-state index in [1.807, 2.05) is 41.5 Å². The predicted molar refractivity (Wildman–Crippen MR) is 184 cm³/mol. The molecule has 0 aromatic carbocycles. The molecule has 5 heterocycles. The number of carbonyl (C=O) groups is 2. The minimum atomic E-state index is -0.413. The van der Waals surface area contributed by atoms with Crippen molar-refractivity contribution in [3.63, 3.8) is 0 Å². The highest BCUT2D eigenvalue weighted by Gasteiger charge is 2.50. The zero-order valence-electron chi connectivity index (χ0n) is 27.9. The van der Waals surface area contributed by atoms with Gasteiger partial charge in [-0.15, -0.1) is 20.4 Å². The molecule has 4 aromatic rings. The van der Waals surface area contributed by atoms with Gasteiger partial charge in [-0.05, 0) is 71.9 Å². The number of nitrogens with zero attached hydrogens (tertiary/aromatic N) is 6. The zero-order valence-corrected chi connectivity index (χ0v) is 30.1. The summed E-state index contributed by atoms with van der Waals surface area (Å²) in [5.41, 5.74) is 1.17. The fourth-order valence-corrected chi connectivity index (χ4v) is 4.13. The van der Waals surface area contributed by atoms with Gasteiger partial charge in [-0.3, -0.25) is 14.6 Å². The summed E-state index contributed by atoms with van der Waals surface area (Å²) in [6.07, 6.45) is 8.95. The van der Waals surface area contributed by atoms with Gasteiger partial charge in [0, 0.05) is 25.2 Å². The van der Waals surface area contributed by atoms with Crippen molar-refractivity contribution in [2.75, 3.05) is 0 Å². The lowest BCUT2D eigenvalue weighted by molar-refractivity contribution is -0.113. The lowest BCUT2D eigenvalue weighted by atomic mass is 9.90. The number of ketones is 2. The molecule has 0 bridgehead atoms. The van der Waals surface area contributed by atoms with Gasteiger partial charge in [-0.2, -0.15) is 0 Å². The molecule has 0 saturated carbocycles. The first-order valence-corrected chi connectivity index (χ1v) is 16.0. The number of pyridine rings is 2. The number of aryl methyl sites for hydroxylation is 2. The van der Waals surface area contributed by atoms with Crippen molar-refractivity contribution in [3.05, 3.63) is 75.3 Å². The fraction of sp³-hybridized carbons (Fsp3) is 0.375. The molecular formula is C32H36BCl3N6O6. The number of carbonyl (C=O) groups excluding carboxylic acids is 2. The number of rotatable bonds is 8. The first-order valence-electron chi connectivity index (χ1n) is 14.9. The van der Waals surface area contributed by atoms with Crippen molar-refractivity contribution >= 4 is 59.6 Å². The Morgan fingerprint density at radius 2 is 1.23 bits per heavy atom. The van der Waals surface area contributed by atoms with Crippen molar-refractivity contribution in [2.45, 2.75) is 79.4 Å². The summed E-state index contributed by atoms with van der Waals surface area (Å²) < 4.78 is 22.1. The summed E-state index contributed by atoms with van der Waals surface area (Å²) >= 11 is 17.6. The summed E-state index contributed by atoms with van der Waals surface area (Å²) in [5.74, 6) is 3.51. The number of halogens is 3. The van der Waals surface area contributed by atoms with Crippen molar-refractivity contribution in [3.8, 4) is 22.9 Å². The molecule has 0 unspecified atom stereocenters. The SMILES string of the molecule is CC(=O)/C=C/B1OC(C)(C)C(C)(C)O1.CCc1nnc(-c2cnc(/C=C/C(C)=O)c(Cl)c2)o1.CCc1nnc(-c2cnc(Cl)c(Cl)c2)o1. The molecule has 16 heteroatoms. The molecule has 254 valence electrons. The maximum atomic E-state index is 10.9. The Bertz CT molecular complexity index is 1770. The molecule has 0 aliphatic carbocycles. The Morgan fingerprint density at radius 1 is 0.750 bits per heavy atom. The number of hydrogen-bond donors (Lipinski definition) is 0. The van der Waals surface area contributed by atoms with Crippen molar-refractivity contribution < 1.29 is 27.7 Å². The Kier molecular flexibility index (Phi) is 13.8. The largest absolute Gasteiger partial charge is 0.487 e. The van der Waals surface area contributed by atoms with Crippen LogP contribution in [0.3, 0.4) is 0 Å². The third-order valence-corrected chi connectivity index (χ3v) is 7.92. The van der Waals surface area contributed by atoms with Crippen LogP contribution in [0.4, 0.5) is 0 Å². The van der Waals surface area contributed by atoms with Gasteiger partial charge in [0.2, 0.25) is 23.6 Å². The second-order valence-corrected chi connectivity index (χ2v) is 12.5. The van der Waals surface area contributed by atoms with Crippen LogP contribution in [0.1, 0.15) is 72.9 Å². The van der Waals surface area contributed by atoms with Gasteiger partial charge in [-0.25, -0.2) is 4.98 Å². The zero-order chi connectivity index (χ0) is 35.6. The van der Waals surface area contributed by atoms with E-state index in [0.29, 0.717) is 63.3 Å². The van der Waals surface area contributed by atoms with Crippen molar-refractivity contribution in [1.29, 1.82) is 0 Å². The van der Waals surface area contributed by atoms with E-state index in [1.165, 1.54) is 26.0 Å². The Hall–Kier alpha value is -3.75. The maximum Gasteiger partial charge on any atom is 0.487 e. The average Bonchev–Trinajstić information content (AvgIpc) is 3.75. The highest BCUT2D eigenvalue weighted by Crippen LogP contribution is 2.36. The molecule has 0 amide bonds. The Morgan fingerprint density at radius 3 is 1.65 bits per heavy atom. The molecule has 48 heavy (non-hydrogen) atoms. The molecule has 12 nitrogen and oxygen atoms in total. The van der Waals surface area contributed by atoms with E-state index < -0.39 is 7.12 Å².